The lowest BCUT2D eigenvalue weighted by Crippen LogP contribution is -2.48. The van der Waals surface area contributed by atoms with Gasteiger partial charge in [-0.25, -0.2) is 9.59 Å². The van der Waals surface area contributed by atoms with Crippen LogP contribution in [0.15, 0.2) is 48.5 Å². The highest BCUT2D eigenvalue weighted by atomic mass is 16.5. The summed E-state index contributed by atoms with van der Waals surface area (Å²) in [4.78, 5) is 50.8. The molecule has 0 radical (unpaired) electrons. The molecule has 2 aromatic rings. The molecule has 2 aromatic carbocycles. The first kappa shape index (κ1) is 23.0. The Morgan fingerprint density at radius 2 is 1.66 bits per heavy atom. The van der Waals surface area contributed by atoms with Gasteiger partial charge in [0.2, 0.25) is 5.91 Å². The Hall–Kier alpha value is -3.72. The Morgan fingerprint density at radius 3 is 2.25 bits per heavy atom. The molecule has 1 unspecified atom stereocenters. The van der Waals surface area contributed by atoms with Gasteiger partial charge in [-0.2, -0.15) is 0 Å². The molecule has 0 bridgehead atoms. The van der Waals surface area contributed by atoms with Crippen molar-refractivity contribution >= 4 is 29.4 Å². The molecule has 9 nitrogen and oxygen atoms in total. The van der Waals surface area contributed by atoms with E-state index in [9.17, 15) is 19.2 Å². The summed E-state index contributed by atoms with van der Waals surface area (Å²) < 4.78 is 14.9. The number of hydrogen-bond donors (Lipinski definition) is 1. The van der Waals surface area contributed by atoms with Crippen molar-refractivity contribution < 1.29 is 33.4 Å². The summed E-state index contributed by atoms with van der Waals surface area (Å²) in [6, 6.07) is 13.6. The van der Waals surface area contributed by atoms with Crippen LogP contribution in [0.2, 0.25) is 0 Å². The largest absolute Gasteiger partial charge is 0.465 e. The van der Waals surface area contributed by atoms with Crippen molar-refractivity contribution in [3.63, 3.8) is 0 Å². The van der Waals surface area contributed by atoms with E-state index in [2.05, 4.69) is 14.8 Å². The lowest BCUT2D eigenvalue weighted by Gasteiger charge is -2.32. The van der Waals surface area contributed by atoms with E-state index < -0.39 is 23.9 Å². The number of carbonyl (C=O) groups is 4. The number of benzene rings is 2. The average Bonchev–Trinajstić information content (AvgIpc) is 2.81. The number of methoxy groups -OCH3 is 2. The minimum Gasteiger partial charge on any atom is -0.465 e. The number of esters is 2. The Morgan fingerprint density at radius 1 is 1.03 bits per heavy atom. The fourth-order valence-electron chi connectivity index (χ4n) is 3.35. The maximum atomic E-state index is 12.8. The lowest BCUT2D eigenvalue weighted by atomic mass is 10.1. The first-order chi connectivity index (χ1) is 15.4. The molecule has 0 spiro atoms. The summed E-state index contributed by atoms with van der Waals surface area (Å²) in [5.41, 5.74) is 1.33. The van der Waals surface area contributed by atoms with Crippen molar-refractivity contribution in [3.8, 4) is 0 Å². The minimum absolute atomic E-state index is 0.0738. The van der Waals surface area contributed by atoms with Crippen LogP contribution in [0, 0.1) is 0 Å². The zero-order valence-corrected chi connectivity index (χ0v) is 17.8. The Bertz CT molecular complexity index is 972. The van der Waals surface area contributed by atoms with Crippen LogP contribution in [0.5, 0.6) is 0 Å². The maximum Gasteiger partial charge on any atom is 0.337 e. The van der Waals surface area contributed by atoms with Crippen LogP contribution in [0.25, 0.3) is 0 Å². The van der Waals surface area contributed by atoms with Gasteiger partial charge in [-0.05, 0) is 23.8 Å². The van der Waals surface area contributed by atoms with Crippen LogP contribution in [0.3, 0.4) is 0 Å². The molecule has 1 aliphatic heterocycles. The van der Waals surface area contributed by atoms with E-state index >= 15 is 0 Å². The second-order valence-corrected chi connectivity index (χ2v) is 7.14. The van der Waals surface area contributed by atoms with Crippen molar-refractivity contribution in [1.29, 1.82) is 0 Å². The van der Waals surface area contributed by atoms with E-state index in [4.69, 9.17) is 4.74 Å². The molecule has 1 saturated heterocycles. The van der Waals surface area contributed by atoms with E-state index in [1.54, 1.807) is 4.90 Å². The first-order valence-electron chi connectivity index (χ1n) is 9.97. The van der Waals surface area contributed by atoms with Gasteiger partial charge in [-0.1, -0.05) is 30.3 Å². The van der Waals surface area contributed by atoms with Crippen LogP contribution in [0.1, 0.15) is 32.7 Å². The minimum atomic E-state index is -0.920. The van der Waals surface area contributed by atoms with Crippen LogP contribution in [-0.2, 0) is 30.3 Å². The highest BCUT2D eigenvalue weighted by molar-refractivity contribution is 6.00. The van der Waals surface area contributed by atoms with Gasteiger partial charge < -0.3 is 24.4 Å². The maximum absolute atomic E-state index is 12.8. The smallest absolute Gasteiger partial charge is 0.337 e. The molecule has 1 aliphatic rings. The molecule has 9 heteroatoms. The summed E-state index contributed by atoms with van der Waals surface area (Å²) in [5, 5.41) is 2.61. The zero-order valence-electron chi connectivity index (χ0n) is 17.8. The van der Waals surface area contributed by atoms with Crippen LogP contribution >= 0.6 is 0 Å². The predicted octanol–water partition coefficient (Wildman–Crippen LogP) is 2.02. The third-order valence-electron chi connectivity index (χ3n) is 4.91. The molecule has 3 rings (SSSR count). The second-order valence-electron chi connectivity index (χ2n) is 7.14. The molecule has 1 atom stereocenters. The summed E-state index contributed by atoms with van der Waals surface area (Å²) in [5.74, 6) is -2.11. The van der Waals surface area contributed by atoms with Crippen molar-refractivity contribution in [3.05, 3.63) is 65.2 Å². The monoisotopic (exact) mass is 440 g/mol. The summed E-state index contributed by atoms with van der Waals surface area (Å²) >= 11 is 0. The Balaban J connectivity index is 1.68. The molecule has 0 aromatic heterocycles. The quantitative estimate of drug-likeness (QED) is 0.656. The molecule has 0 aliphatic carbocycles. The molecular formula is C23H24N2O7. The number of morpholine rings is 1. The number of rotatable bonds is 7. The molecule has 0 saturated carbocycles. The van der Waals surface area contributed by atoms with Gasteiger partial charge in [0, 0.05) is 18.8 Å². The normalized spacial score (nSPS) is 15.8. The van der Waals surface area contributed by atoms with Crippen molar-refractivity contribution in [1.82, 2.24) is 4.90 Å². The molecule has 1 heterocycles. The fourth-order valence-corrected chi connectivity index (χ4v) is 3.35. The zero-order chi connectivity index (χ0) is 23.1. The molecule has 168 valence electrons. The van der Waals surface area contributed by atoms with E-state index in [1.807, 2.05) is 30.3 Å². The van der Waals surface area contributed by atoms with Crippen LogP contribution < -0.4 is 5.32 Å². The third-order valence-corrected chi connectivity index (χ3v) is 4.91. The molecule has 2 amide bonds. The van der Waals surface area contributed by atoms with E-state index in [1.165, 1.54) is 32.4 Å². The summed E-state index contributed by atoms with van der Waals surface area (Å²) in [7, 11) is 2.41. The van der Waals surface area contributed by atoms with E-state index in [0.29, 0.717) is 19.7 Å². The number of amides is 2. The van der Waals surface area contributed by atoms with Gasteiger partial charge in [0.05, 0.1) is 38.4 Å². The van der Waals surface area contributed by atoms with E-state index in [-0.39, 0.29) is 29.1 Å². The molecule has 1 N–H and O–H groups in total. The Labute approximate surface area is 185 Å². The molecule has 32 heavy (non-hydrogen) atoms. The fraction of sp³-hybridized carbons (Fsp3) is 0.304. The van der Waals surface area contributed by atoms with Crippen molar-refractivity contribution in [2.45, 2.75) is 19.1 Å². The average molecular weight is 440 g/mol. The number of carbonyl (C=O) groups excluding carboxylic acids is 4. The SMILES string of the molecule is COC(=O)c1cc(NC(=O)CC2OCCN(Cc3ccccc3)C2=O)cc(C(=O)OC)c1. The number of anilines is 1. The highest BCUT2D eigenvalue weighted by Gasteiger charge is 2.31. The number of nitrogens with zero attached hydrogens (tertiary/aromatic N) is 1. The van der Waals surface area contributed by atoms with Crippen LogP contribution in [-0.4, -0.2) is 62.1 Å². The highest BCUT2D eigenvalue weighted by Crippen LogP contribution is 2.19. The van der Waals surface area contributed by atoms with Gasteiger partial charge >= 0.3 is 11.9 Å². The van der Waals surface area contributed by atoms with Gasteiger partial charge in [0.25, 0.3) is 5.91 Å². The molecule has 1 fully saturated rings. The summed E-state index contributed by atoms with van der Waals surface area (Å²) in [6.07, 6.45) is -1.13. The molecular weight excluding hydrogens is 416 g/mol. The van der Waals surface area contributed by atoms with Crippen molar-refractivity contribution in [2.75, 3.05) is 32.7 Å². The first-order valence-corrected chi connectivity index (χ1v) is 9.97. The van der Waals surface area contributed by atoms with E-state index in [0.717, 1.165) is 5.56 Å². The van der Waals surface area contributed by atoms with Gasteiger partial charge in [0.15, 0.2) is 0 Å². The number of hydrogen-bond acceptors (Lipinski definition) is 7. The number of ether oxygens (including phenoxy) is 3. The van der Waals surface area contributed by atoms with Gasteiger partial charge in [0.1, 0.15) is 6.10 Å². The topological polar surface area (TPSA) is 111 Å². The van der Waals surface area contributed by atoms with Gasteiger partial charge in [-0.15, -0.1) is 0 Å². The van der Waals surface area contributed by atoms with Crippen molar-refractivity contribution in [2.24, 2.45) is 0 Å². The Kier molecular flexibility index (Phi) is 7.56. The predicted molar refractivity (Wildman–Crippen MR) is 114 cm³/mol. The van der Waals surface area contributed by atoms with Crippen LogP contribution in [0.4, 0.5) is 5.69 Å². The lowest BCUT2D eigenvalue weighted by molar-refractivity contribution is -0.155. The second kappa shape index (κ2) is 10.5. The van der Waals surface area contributed by atoms with Gasteiger partial charge in [-0.3, -0.25) is 9.59 Å². The summed E-state index contributed by atoms with van der Waals surface area (Å²) in [6.45, 7) is 1.20. The number of nitrogens with one attached hydrogen (secondary N) is 1. The standard InChI is InChI=1S/C23H24N2O7/c1-30-22(28)16-10-17(23(29)31-2)12-18(11-16)24-20(26)13-19-21(27)25(8-9-32-19)14-15-6-4-3-5-7-15/h3-7,10-12,19H,8-9,13-14H2,1-2H3,(H,24,26). The third kappa shape index (κ3) is 5.70.